The number of aromatic hydroxyl groups is 1. The molecule has 1 amide bonds. The number of amides is 1. The first-order valence-corrected chi connectivity index (χ1v) is 10.5. The molecule has 1 aliphatic rings. The summed E-state index contributed by atoms with van der Waals surface area (Å²) >= 11 is 5.72. The van der Waals surface area contributed by atoms with E-state index in [0.29, 0.717) is 12.8 Å². The average Bonchev–Trinajstić information content (AvgIpc) is 2.92. The molecule has 2 rings (SSSR count). The van der Waals surface area contributed by atoms with Gasteiger partial charge in [-0.25, -0.2) is 13.2 Å². The van der Waals surface area contributed by atoms with Crippen LogP contribution in [0.4, 0.5) is 0 Å². The number of hydrogen-bond donors (Lipinski definition) is 1. The van der Waals surface area contributed by atoms with Crippen molar-refractivity contribution in [3.05, 3.63) is 28.8 Å². The number of esters is 1. The summed E-state index contributed by atoms with van der Waals surface area (Å²) in [5.41, 5.74) is -0.0965. The molecule has 0 saturated carbocycles. The number of halogens is 1. The van der Waals surface area contributed by atoms with Crippen LogP contribution in [0.3, 0.4) is 0 Å². The fourth-order valence-corrected chi connectivity index (χ4v) is 4.84. The first-order valence-electron chi connectivity index (χ1n) is 8.32. The third-order valence-electron chi connectivity index (χ3n) is 4.46. The number of sulfone groups is 1. The van der Waals surface area contributed by atoms with Crippen molar-refractivity contribution in [2.24, 2.45) is 0 Å². The Kier molecular flexibility index (Phi) is 6.52. The molecule has 1 fully saturated rings. The molecule has 1 aromatic carbocycles. The normalized spacial score (nSPS) is 19.7. The van der Waals surface area contributed by atoms with Gasteiger partial charge < -0.3 is 14.7 Å². The van der Waals surface area contributed by atoms with Crippen LogP contribution < -0.4 is 0 Å². The molecule has 1 aromatic rings. The number of nitrogens with zero attached hydrogens (tertiary/aromatic N) is 1. The van der Waals surface area contributed by atoms with E-state index in [0.717, 1.165) is 0 Å². The maximum Gasteiger partial charge on any atom is 0.342 e. The molecule has 0 unspecified atom stereocenters. The number of ether oxygens (including phenoxy) is 1. The van der Waals surface area contributed by atoms with Crippen molar-refractivity contribution in [1.82, 2.24) is 4.90 Å². The van der Waals surface area contributed by atoms with Crippen molar-refractivity contribution in [3.8, 4) is 5.75 Å². The maximum atomic E-state index is 12.6. The molecule has 1 aliphatic heterocycles. The van der Waals surface area contributed by atoms with Gasteiger partial charge in [-0.2, -0.15) is 0 Å². The van der Waals surface area contributed by atoms with Gasteiger partial charge in [0.15, 0.2) is 16.4 Å². The van der Waals surface area contributed by atoms with E-state index in [1.165, 1.54) is 23.1 Å². The van der Waals surface area contributed by atoms with Crippen LogP contribution in [0.25, 0.3) is 0 Å². The van der Waals surface area contributed by atoms with E-state index in [1.54, 1.807) is 0 Å². The second-order valence-corrected chi connectivity index (χ2v) is 9.02. The zero-order valence-electron chi connectivity index (χ0n) is 14.6. The molecule has 1 heterocycles. The smallest absolute Gasteiger partial charge is 0.342 e. The van der Waals surface area contributed by atoms with Crippen molar-refractivity contribution in [1.29, 1.82) is 0 Å². The molecule has 1 saturated heterocycles. The van der Waals surface area contributed by atoms with Crippen LogP contribution in [0.2, 0.25) is 5.02 Å². The molecular formula is C17H22ClNO6S. The Hall–Kier alpha value is -1.80. The van der Waals surface area contributed by atoms with Crippen LogP contribution in [0.15, 0.2) is 18.2 Å². The van der Waals surface area contributed by atoms with Crippen molar-refractivity contribution < 1.29 is 27.9 Å². The van der Waals surface area contributed by atoms with Crippen LogP contribution in [0.5, 0.6) is 5.75 Å². The molecule has 26 heavy (non-hydrogen) atoms. The third kappa shape index (κ3) is 4.88. The monoisotopic (exact) mass is 403 g/mol. The minimum Gasteiger partial charge on any atom is -0.507 e. The van der Waals surface area contributed by atoms with Crippen molar-refractivity contribution in [2.75, 3.05) is 18.1 Å². The number of carbonyl (C=O) groups excluding carboxylic acids is 2. The Balaban J connectivity index is 2.06. The zero-order chi connectivity index (χ0) is 19.5. The molecule has 7 nitrogen and oxygen atoms in total. The average molecular weight is 404 g/mol. The van der Waals surface area contributed by atoms with Crippen molar-refractivity contribution >= 4 is 33.3 Å². The summed E-state index contributed by atoms with van der Waals surface area (Å²) in [5, 5.41) is 10.0. The summed E-state index contributed by atoms with van der Waals surface area (Å²) in [6, 6.07) is 3.35. The molecule has 2 atom stereocenters. The Morgan fingerprint density at radius 2 is 2.12 bits per heavy atom. The highest BCUT2D eigenvalue weighted by Crippen LogP contribution is 2.24. The lowest BCUT2D eigenvalue weighted by Gasteiger charge is -2.33. The summed E-state index contributed by atoms with van der Waals surface area (Å²) in [6.07, 6.45) is 1.03. The van der Waals surface area contributed by atoms with Gasteiger partial charge in [0.25, 0.3) is 5.91 Å². The zero-order valence-corrected chi connectivity index (χ0v) is 16.2. The molecule has 0 radical (unpaired) electrons. The molecule has 0 aliphatic carbocycles. The summed E-state index contributed by atoms with van der Waals surface area (Å²) < 4.78 is 28.5. The minimum atomic E-state index is -3.15. The SMILES string of the molecule is CC[C@@H](C)N(C(=O)COC(=O)c1ccc(Cl)cc1O)[C@@H]1CCS(=O)(=O)C1. The Bertz CT molecular complexity index is 794. The fourth-order valence-electron chi connectivity index (χ4n) is 2.96. The molecular weight excluding hydrogens is 382 g/mol. The molecule has 144 valence electrons. The number of hydrogen-bond acceptors (Lipinski definition) is 6. The number of rotatable bonds is 6. The highest BCUT2D eigenvalue weighted by molar-refractivity contribution is 7.91. The van der Waals surface area contributed by atoms with Crippen molar-refractivity contribution in [2.45, 2.75) is 38.8 Å². The molecule has 9 heteroatoms. The Labute approximate surface area is 157 Å². The lowest BCUT2D eigenvalue weighted by molar-refractivity contribution is -0.138. The highest BCUT2D eigenvalue weighted by atomic mass is 35.5. The quantitative estimate of drug-likeness (QED) is 0.729. The molecule has 0 aromatic heterocycles. The van der Waals surface area contributed by atoms with Crippen LogP contribution in [-0.4, -0.2) is 60.5 Å². The second kappa shape index (κ2) is 8.26. The second-order valence-electron chi connectivity index (χ2n) is 6.35. The summed E-state index contributed by atoms with van der Waals surface area (Å²) in [5.74, 6) is -1.67. The van der Waals surface area contributed by atoms with E-state index in [9.17, 15) is 23.1 Å². The van der Waals surface area contributed by atoms with Crippen LogP contribution >= 0.6 is 11.6 Å². The van der Waals surface area contributed by atoms with Gasteiger partial charge in [-0.3, -0.25) is 4.79 Å². The van der Waals surface area contributed by atoms with Gasteiger partial charge in [-0.05, 0) is 38.0 Å². The topological polar surface area (TPSA) is 101 Å². The van der Waals surface area contributed by atoms with E-state index in [4.69, 9.17) is 16.3 Å². The highest BCUT2D eigenvalue weighted by Gasteiger charge is 2.36. The summed E-state index contributed by atoms with van der Waals surface area (Å²) in [4.78, 5) is 26.2. The number of phenolic OH excluding ortho intramolecular Hbond substituents is 1. The van der Waals surface area contributed by atoms with Gasteiger partial charge in [0.2, 0.25) is 0 Å². The van der Waals surface area contributed by atoms with Crippen molar-refractivity contribution in [3.63, 3.8) is 0 Å². The third-order valence-corrected chi connectivity index (χ3v) is 6.45. The fraction of sp³-hybridized carbons (Fsp3) is 0.529. The maximum absolute atomic E-state index is 12.6. The van der Waals surface area contributed by atoms with E-state index < -0.39 is 34.4 Å². The largest absolute Gasteiger partial charge is 0.507 e. The van der Waals surface area contributed by atoms with Gasteiger partial charge in [-0.1, -0.05) is 18.5 Å². The van der Waals surface area contributed by atoms with Gasteiger partial charge in [0.1, 0.15) is 11.3 Å². The predicted octanol–water partition coefficient (Wildman–Crippen LogP) is 2.02. The number of carbonyl (C=O) groups is 2. The molecule has 0 bridgehead atoms. The van der Waals surface area contributed by atoms with Gasteiger partial charge >= 0.3 is 5.97 Å². The lowest BCUT2D eigenvalue weighted by Crippen LogP contribution is -2.48. The summed E-state index contributed by atoms with van der Waals surface area (Å²) in [7, 11) is -3.15. The van der Waals surface area contributed by atoms with Gasteiger partial charge in [0.05, 0.1) is 11.5 Å². The number of benzene rings is 1. The van der Waals surface area contributed by atoms with E-state index in [1.807, 2.05) is 13.8 Å². The first kappa shape index (κ1) is 20.5. The first-order chi connectivity index (χ1) is 12.1. The van der Waals surface area contributed by atoms with E-state index in [2.05, 4.69) is 0 Å². The van der Waals surface area contributed by atoms with Crippen LogP contribution in [-0.2, 0) is 19.4 Å². The Morgan fingerprint density at radius 3 is 2.65 bits per heavy atom. The van der Waals surface area contributed by atoms with Gasteiger partial charge in [-0.15, -0.1) is 0 Å². The Morgan fingerprint density at radius 1 is 1.42 bits per heavy atom. The van der Waals surface area contributed by atoms with Crippen LogP contribution in [0.1, 0.15) is 37.0 Å². The minimum absolute atomic E-state index is 0.0519. The van der Waals surface area contributed by atoms with Crippen LogP contribution in [0, 0.1) is 0 Å². The predicted molar refractivity (Wildman–Crippen MR) is 97.1 cm³/mol. The number of phenols is 1. The lowest BCUT2D eigenvalue weighted by atomic mass is 10.1. The standard InChI is InChI=1S/C17H22ClNO6S/c1-3-11(2)19(13-6-7-26(23,24)10-13)16(21)9-25-17(22)14-5-4-12(18)8-15(14)20/h4-5,8,11,13,20H,3,6-7,9-10H2,1-2H3/t11-,13-/m1/s1. The van der Waals surface area contributed by atoms with E-state index >= 15 is 0 Å². The van der Waals surface area contributed by atoms with Gasteiger partial charge in [0, 0.05) is 17.1 Å². The summed E-state index contributed by atoms with van der Waals surface area (Å²) in [6.45, 7) is 3.20. The molecule has 0 spiro atoms. The molecule has 1 N–H and O–H groups in total. The van der Waals surface area contributed by atoms with E-state index in [-0.39, 0.29) is 33.9 Å².